The maximum Gasteiger partial charge on any atom is 0.162 e. The second kappa shape index (κ2) is 8.36. The fraction of sp³-hybridized carbons (Fsp3) is 0.478. The van der Waals surface area contributed by atoms with Crippen LogP contribution in [0.2, 0.25) is 0 Å². The van der Waals surface area contributed by atoms with Crippen molar-refractivity contribution in [1.82, 2.24) is 9.21 Å². The minimum atomic E-state index is -0.0299. The molecule has 0 aliphatic carbocycles. The third kappa shape index (κ3) is 4.02. The van der Waals surface area contributed by atoms with E-state index in [1.54, 1.807) is 0 Å². The zero-order valence-corrected chi connectivity index (χ0v) is 17.1. The molecule has 1 atom stereocenters. The van der Waals surface area contributed by atoms with E-state index < -0.39 is 0 Å². The van der Waals surface area contributed by atoms with Crippen LogP contribution < -0.4 is 9.47 Å². The molecule has 3 aliphatic rings. The summed E-state index contributed by atoms with van der Waals surface area (Å²) in [5, 5.41) is 0. The monoisotopic (exact) mass is 396 g/mol. The highest BCUT2D eigenvalue weighted by atomic mass is 32.2. The molecule has 0 radical (unpaired) electrons. The third-order valence-electron chi connectivity index (χ3n) is 6.01. The van der Waals surface area contributed by atoms with Gasteiger partial charge in [-0.2, -0.15) is 0 Å². The quantitative estimate of drug-likeness (QED) is 0.708. The van der Waals surface area contributed by atoms with Crippen LogP contribution in [0.1, 0.15) is 36.5 Å². The lowest BCUT2D eigenvalue weighted by molar-refractivity contribution is 0.0912. The summed E-state index contributed by atoms with van der Waals surface area (Å²) in [6, 6.07) is 17.6. The molecule has 148 valence electrons. The van der Waals surface area contributed by atoms with Crippen molar-refractivity contribution in [3.63, 3.8) is 0 Å². The Balaban J connectivity index is 1.15. The normalized spacial score (nSPS) is 23.8. The molecule has 2 fully saturated rings. The molecule has 2 saturated heterocycles. The number of nitrogens with zero attached hydrogens (tertiary/aromatic N) is 2. The van der Waals surface area contributed by atoms with E-state index in [4.69, 9.17) is 9.47 Å². The SMILES string of the molecule is c1ccc2c(c1)OC[C@H](c1ccc(CN3CCC(N4CCCS4)CC3)cc1)O2. The molecule has 3 heterocycles. The third-order valence-corrected chi connectivity index (χ3v) is 7.29. The lowest BCUT2D eigenvalue weighted by Gasteiger charge is -2.36. The van der Waals surface area contributed by atoms with Gasteiger partial charge in [0, 0.05) is 38.0 Å². The molecule has 0 N–H and O–H groups in total. The van der Waals surface area contributed by atoms with E-state index in [0.717, 1.165) is 24.1 Å². The largest absolute Gasteiger partial charge is 0.485 e. The smallest absolute Gasteiger partial charge is 0.162 e. The molecule has 0 amide bonds. The van der Waals surface area contributed by atoms with Crippen LogP contribution in [-0.2, 0) is 6.54 Å². The molecule has 5 rings (SSSR count). The van der Waals surface area contributed by atoms with Gasteiger partial charge in [-0.05, 0) is 42.5 Å². The summed E-state index contributed by atoms with van der Waals surface area (Å²) in [5.74, 6) is 2.99. The number of piperidine rings is 1. The van der Waals surface area contributed by atoms with Crippen LogP contribution in [0.25, 0.3) is 0 Å². The molecule has 0 saturated carbocycles. The number of benzene rings is 2. The maximum absolute atomic E-state index is 6.13. The van der Waals surface area contributed by atoms with Crippen molar-refractivity contribution in [2.45, 2.75) is 38.0 Å². The van der Waals surface area contributed by atoms with Gasteiger partial charge in [-0.3, -0.25) is 4.90 Å². The van der Waals surface area contributed by atoms with E-state index >= 15 is 0 Å². The van der Waals surface area contributed by atoms with Crippen LogP contribution >= 0.6 is 11.9 Å². The number of hydrogen-bond donors (Lipinski definition) is 0. The Kier molecular flexibility index (Phi) is 5.47. The summed E-state index contributed by atoms with van der Waals surface area (Å²) < 4.78 is 14.6. The fourth-order valence-corrected chi connectivity index (χ4v) is 5.57. The first-order valence-electron chi connectivity index (χ1n) is 10.4. The molecular weight excluding hydrogens is 368 g/mol. The highest BCUT2D eigenvalue weighted by molar-refractivity contribution is 7.97. The average molecular weight is 397 g/mol. The minimum absolute atomic E-state index is 0.0299. The van der Waals surface area contributed by atoms with Crippen molar-refractivity contribution in [1.29, 1.82) is 0 Å². The van der Waals surface area contributed by atoms with Gasteiger partial charge in [-0.1, -0.05) is 48.3 Å². The molecule has 5 heteroatoms. The van der Waals surface area contributed by atoms with E-state index in [0.29, 0.717) is 6.61 Å². The number of fused-ring (bicyclic) bond motifs is 1. The van der Waals surface area contributed by atoms with E-state index in [9.17, 15) is 0 Å². The minimum Gasteiger partial charge on any atom is -0.485 e. The van der Waals surface area contributed by atoms with Crippen LogP contribution in [0.15, 0.2) is 48.5 Å². The Bertz CT molecular complexity index is 783. The maximum atomic E-state index is 6.13. The Morgan fingerprint density at radius 1 is 0.929 bits per heavy atom. The number of rotatable bonds is 4. The molecule has 4 nitrogen and oxygen atoms in total. The van der Waals surface area contributed by atoms with Gasteiger partial charge in [0.1, 0.15) is 6.61 Å². The van der Waals surface area contributed by atoms with E-state index in [2.05, 4.69) is 45.4 Å². The van der Waals surface area contributed by atoms with Gasteiger partial charge in [-0.25, -0.2) is 4.31 Å². The molecule has 0 unspecified atom stereocenters. The molecule has 0 aromatic heterocycles. The van der Waals surface area contributed by atoms with Gasteiger partial charge >= 0.3 is 0 Å². The zero-order chi connectivity index (χ0) is 18.8. The van der Waals surface area contributed by atoms with Crippen LogP contribution in [0, 0.1) is 0 Å². The zero-order valence-electron chi connectivity index (χ0n) is 16.3. The topological polar surface area (TPSA) is 24.9 Å². The molecule has 0 bridgehead atoms. The Morgan fingerprint density at radius 3 is 2.46 bits per heavy atom. The lowest BCUT2D eigenvalue weighted by atomic mass is 10.0. The molecule has 2 aromatic rings. The predicted octanol–water partition coefficient (Wildman–Crippen LogP) is 4.52. The second-order valence-corrected chi connectivity index (χ2v) is 9.08. The van der Waals surface area contributed by atoms with Crippen LogP contribution in [-0.4, -0.2) is 47.2 Å². The van der Waals surface area contributed by atoms with Gasteiger partial charge in [0.25, 0.3) is 0 Å². The lowest BCUT2D eigenvalue weighted by Crippen LogP contribution is -2.41. The van der Waals surface area contributed by atoms with Gasteiger partial charge in [0.2, 0.25) is 0 Å². The van der Waals surface area contributed by atoms with E-state index in [1.807, 2.05) is 24.3 Å². The van der Waals surface area contributed by atoms with Crippen LogP contribution in [0.4, 0.5) is 0 Å². The summed E-state index contributed by atoms with van der Waals surface area (Å²) in [4.78, 5) is 2.60. The molecule has 0 spiro atoms. The van der Waals surface area contributed by atoms with Gasteiger partial charge in [0.15, 0.2) is 17.6 Å². The van der Waals surface area contributed by atoms with E-state index in [1.165, 1.54) is 55.8 Å². The second-order valence-electron chi connectivity index (χ2n) is 7.94. The van der Waals surface area contributed by atoms with Gasteiger partial charge in [-0.15, -0.1) is 0 Å². The fourth-order valence-electron chi connectivity index (χ4n) is 4.40. The summed E-state index contributed by atoms with van der Waals surface area (Å²) in [6.07, 6.45) is 3.94. The summed E-state index contributed by atoms with van der Waals surface area (Å²) >= 11 is 2.06. The van der Waals surface area contributed by atoms with Crippen molar-refractivity contribution in [2.75, 3.05) is 32.0 Å². The van der Waals surface area contributed by atoms with Crippen LogP contribution in [0.3, 0.4) is 0 Å². The first kappa shape index (κ1) is 18.3. The molecular formula is C23H28N2O2S. The first-order chi connectivity index (χ1) is 13.8. The number of para-hydroxylation sites is 2. The van der Waals surface area contributed by atoms with Crippen molar-refractivity contribution in [3.8, 4) is 11.5 Å². The van der Waals surface area contributed by atoms with Crippen molar-refractivity contribution in [2.24, 2.45) is 0 Å². The Morgan fingerprint density at radius 2 is 1.71 bits per heavy atom. The molecule has 2 aromatic carbocycles. The molecule has 3 aliphatic heterocycles. The number of likely N-dealkylation sites (tertiary alicyclic amines) is 1. The van der Waals surface area contributed by atoms with Crippen molar-refractivity contribution >= 4 is 11.9 Å². The average Bonchev–Trinajstić information content (AvgIpc) is 3.29. The van der Waals surface area contributed by atoms with Crippen molar-refractivity contribution < 1.29 is 9.47 Å². The van der Waals surface area contributed by atoms with Crippen LogP contribution in [0.5, 0.6) is 11.5 Å². The predicted molar refractivity (Wildman–Crippen MR) is 114 cm³/mol. The number of ether oxygens (including phenoxy) is 2. The Labute approximate surface area is 171 Å². The first-order valence-corrected chi connectivity index (χ1v) is 11.4. The van der Waals surface area contributed by atoms with Crippen molar-refractivity contribution in [3.05, 3.63) is 59.7 Å². The van der Waals surface area contributed by atoms with E-state index in [-0.39, 0.29) is 6.10 Å². The highest BCUT2D eigenvalue weighted by Gasteiger charge is 2.27. The summed E-state index contributed by atoms with van der Waals surface area (Å²) in [6.45, 7) is 5.32. The molecule has 28 heavy (non-hydrogen) atoms. The number of hydrogen-bond acceptors (Lipinski definition) is 5. The summed E-state index contributed by atoms with van der Waals surface area (Å²) in [7, 11) is 0. The highest BCUT2D eigenvalue weighted by Crippen LogP contribution is 2.36. The standard InChI is InChI=1S/C23H28N2O2S/c1-2-5-22-21(4-1)26-17-23(27-22)19-8-6-18(7-9-19)16-24-13-10-20(11-14-24)25-12-3-15-28-25/h1-2,4-9,20,23H,3,10-17H2/t23-/m1/s1. The summed E-state index contributed by atoms with van der Waals surface area (Å²) in [5.41, 5.74) is 2.57. The van der Waals surface area contributed by atoms with Gasteiger partial charge < -0.3 is 9.47 Å². The Hall–Kier alpha value is -1.69. The van der Waals surface area contributed by atoms with Gasteiger partial charge in [0.05, 0.1) is 0 Å².